The van der Waals surface area contributed by atoms with E-state index in [9.17, 15) is 4.79 Å². The summed E-state index contributed by atoms with van der Waals surface area (Å²) in [5, 5.41) is 2.74. The first kappa shape index (κ1) is 11.8. The largest absolute Gasteiger partial charge is 0.352 e. The molecule has 0 saturated heterocycles. The van der Waals surface area contributed by atoms with Gasteiger partial charge in [-0.2, -0.15) is 0 Å². The minimum absolute atomic E-state index is 0.0801. The SMILES string of the molecule is C[C@@H](NC=O)c1ccc(C(C)(C)C)cc1. The van der Waals surface area contributed by atoms with E-state index in [0.29, 0.717) is 0 Å². The molecule has 0 aromatic heterocycles. The van der Waals surface area contributed by atoms with E-state index >= 15 is 0 Å². The number of hydrogen-bond acceptors (Lipinski definition) is 1. The normalized spacial score (nSPS) is 13.3. The van der Waals surface area contributed by atoms with Crippen LogP contribution in [-0.2, 0) is 10.2 Å². The van der Waals surface area contributed by atoms with Gasteiger partial charge in [-0.3, -0.25) is 4.79 Å². The molecule has 0 aliphatic rings. The van der Waals surface area contributed by atoms with Gasteiger partial charge in [-0.25, -0.2) is 0 Å². The second kappa shape index (κ2) is 4.47. The topological polar surface area (TPSA) is 29.1 Å². The van der Waals surface area contributed by atoms with Crippen LogP contribution in [0.3, 0.4) is 0 Å². The van der Waals surface area contributed by atoms with Crippen LogP contribution in [0.5, 0.6) is 0 Å². The third-order valence-electron chi connectivity index (χ3n) is 2.59. The van der Waals surface area contributed by atoms with E-state index in [1.54, 1.807) is 0 Å². The van der Waals surface area contributed by atoms with Crippen molar-refractivity contribution in [3.8, 4) is 0 Å². The van der Waals surface area contributed by atoms with Gasteiger partial charge in [0, 0.05) is 0 Å². The highest BCUT2D eigenvalue weighted by Crippen LogP contribution is 2.23. The second-order valence-electron chi connectivity index (χ2n) is 4.88. The summed E-state index contributed by atoms with van der Waals surface area (Å²) in [7, 11) is 0. The summed E-state index contributed by atoms with van der Waals surface area (Å²) in [6, 6.07) is 8.47. The van der Waals surface area contributed by atoms with Gasteiger partial charge >= 0.3 is 0 Å². The van der Waals surface area contributed by atoms with Crippen LogP contribution >= 0.6 is 0 Å². The Morgan fingerprint density at radius 1 is 1.20 bits per heavy atom. The number of benzene rings is 1. The van der Waals surface area contributed by atoms with Crippen LogP contribution in [0.25, 0.3) is 0 Å². The van der Waals surface area contributed by atoms with Crippen molar-refractivity contribution in [3.05, 3.63) is 35.4 Å². The van der Waals surface area contributed by atoms with Crippen molar-refractivity contribution in [3.63, 3.8) is 0 Å². The molecule has 82 valence electrons. The third kappa shape index (κ3) is 3.08. The molecule has 0 radical (unpaired) electrons. The minimum atomic E-state index is 0.0801. The monoisotopic (exact) mass is 205 g/mol. The lowest BCUT2D eigenvalue weighted by atomic mass is 9.86. The minimum Gasteiger partial charge on any atom is -0.352 e. The van der Waals surface area contributed by atoms with Gasteiger partial charge in [-0.05, 0) is 23.5 Å². The van der Waals surface area contributed by atoms with E-state index in [1.165, 1.54) is 5.56 Å². The van der Waals surface area contributed by atoms with Crippen LogP contribution < -0.4 is 5.32 Å². The smallest absolute Gasteiger partial charge is 0.207 e. The summed E-state index contributed by atoms with van der Waals surface area (Å²) in [5.41, 5.74) is 2.62. The van der Waals surface area contributed by atoms with Gasteiger partial charge in [-0.1, -0.05) is 45.0 Å². The van der Waals surface area contributed by atoms with Crippen LogP contribution in [-0.4, -0.2) is 6.41 Å². The molecule has 1 amide bonds. The van der Waals surface area contributed by atoms with Crippen molar-refractivity contribution in [1.29, 1.82) is 0 Å². The number of hydrogen-bond donors (Lipinski definition) is 1. The Morgan fingerprint density at radius 2 is 1.73 bits per heavy atom. The maximum Gasteiger partial charge on any atom is 0.207 e. The highest BCUT2D eigenvalue weighted by atomic mass is 16.1. The molecule has 0 spiro atoms. The van der Waals surface area contributed by atoms with E-state index in [-0.39, 0.29) is 11.5 Å². The van der Waals surface area contributed by atoms with Crippen LogP contribution in [0.4, 0.5) is 0 Å². The summed E-state index contributed by atoms with van der Waals surface area (Å²) in [4.78, 5) is 10.3. The summed E-state index contributed by atoms with van der Waals surface area (Å²) in [6.45, 7) is 8.54. The lowest BCUT2D eigenvalue weighted by molar-refractivity contribution is -0.110. The van der Waals surface area contributed by atoms with E-state index in [1.807, 2.05) is 6.92 Å². The average molecular weight is 205 g/mol. The fourth-order valence-electron chi connectivity index (χ4n) is 1.47. The van der Waals surface area contributed by atoms with Gasteiger partial charge in [-0.15, -0.1) is 0 Å². The van der Waals surface area contributed by atoms with Crippen molar-refractivity contribution in [2.24, 2.45) is 0 Å². The Bertz CT molecular complexity index is 321. The maximum absolute atomic E-state index is 10.3. The first-order valence-corrected chi connectivity index (χ1v) is 5.25. The van der Waals surface area contributed by atoms with E-state index in [4.69, 9.17) is 0 Å². The van der Waals surface area contributed by atoms with E-state index < -0.39 is 0 Å². The fraction of sp³-hybridized carbons (Fsp3) is 0.462. The van der Waals surface area contributed by atoms with Crippen LogP contribution in [0.15, 0.2) is 24.3 Å². The molecule has 2 heteroatoms. The summed E-state index contributed by atoms with van der Waals surface area (Å²) >= 11 is 0. The van der Waals surface area contributed by atoms with Gasteiger partial charge in [0.1, 0.15) is 0 Å². The van der Waals surface area contributed by atoms with Gasteiger partial charge < -0.3 is 5.32 Å². The first-order chi connectivity index (χ1) is 6.95. The van der Waals surface area contributed by atoms with Crippen LogP contribution in [0.2, 0.25) is 0 Å². The van der Waals surface area contributed by atoms with Gasteiger partial charge in [0.25, 0.3) is 0 Å². The Hall–Kier alpha value is -1.31. The molecule has 0 aliphatic carbocycles. The maximum atomic E-state index is 10.3. The molecule has 1 aromatic carbocycles. The zero-order valence-corrected chi connectivity index (χ0v) is 9.87. The quantitative estimate of drug-likeness (QED) is 0.755. The van der Waals surface area contributed by atoms with Gasteiger partial charge in [0.05, 0.1) is 6.04 Å². The van der Waals surface area contributed by atoms with Crippen molar-refractivity contribution < 1.29 is 4.79 Å². The Labute approximate surface area is 91.7 Å². The number of carbonyl (C=O) groups is 1. The van der Waals surface area contributed by atoms with Crippen molar-refractivity contribution >= 4 is 6.41 Å². The molecular formula is C13H19NO. The van der Waals surface area contributed by atoms with Crippen LogP contribution in [0, 0.1) is 0 Å². The molecule has 15 heavy (non-hydrogen) atoms. The van der Waals surface area contributed by atoms with E-state index in [2.05, 4.69) is 50.4 Å². The predicted octanol–water partition coefficient (Wildman–Crippen LogP) is 2.79. The molecule has 1 rings (SSSR count). The molecule has 0 saturated carbocycles. The van der Waals surface area contributed by atoms with Crippen molar-refractivity contribution in [1.82, 2.24) is 5.32 Å². The molecule has 1 aromatic rings. The molecule has 2 nitrogen and oxygen atoms in total. The number of nitrogens with one attached hydrogen (secondary N) is 1. The third-order valence-corrected chi connectivity index (χ3v) is 2.59. The zero-order valence-electron chi connectivity index (χ0n) is 9.87. The summed E-state index contributed by atoms with van der Waals surface area (Å²) < 4.78 is 0. The molecule has 0 unspecified atom stereocenters. The molecule has 0 aliphatic heterocycles. The number of carbonyl (C=O) groups excluding carboxylic acids is 1. The Balaban J connectivity index is 2.85. The van der Waals surface area contributed by atoms with Crippen LogP contribution in [0.1, 0.15) is 44.9 Å². The molecule has 0 bridgehead atoms. The van der Waals surface area contributed by atoms with Gasteiger partial charge in [0.15, 0.2) is 0 Å². The zero-order chi connectivity index (χ0) is 11.5. The Kier molecular flexibility index (Phi) is 3.51. The van der Waals surface area contributed by atoms with Crippen molar-refractivity contribution in [2.75, 3.05) is 0 Å². The molecule has 0 heterocycles. The summed E-state index contributed by atoms with van der Waals surface area (Å²) in [6.07, 6.45) is 0.738. The predicted molar refractivity (Wildman–Crippen MR) is 62.8 cm³/mol. The van der Waals surface area contributed by atoms with E-state index in [0.717, 1.165) is 12.0 Å². The highest BCUT2D eigenvalue weighted by molar-refractivity contribution is 5.47. The standard InChI is InChI=1S/C13H19NO/c1-10(14-9-15)11-5-7-12(8-6-11)13(2,3)4/h5-10H,1-4H3,(H,14,15)/t10-/m1/s1. The second-order valence-corrected chi connectivity index (χ2v) is 4.88. The Morgan fingerprint density at radius 3 is 2.13 bits per heavy atom. The lowest BCUT2D eigenvalue weighted by Crippen LogP contribution is -2.16. The fourth-order valence-corrected chi connectivity index (χ4v) is 1.47. The van der Waals surface area contributed by atoms with Crippen molar-refractivity contribution in [2.45, 2.75) is 39.2 Å². The number of amides is 1. The average Bonchev–Trinajstić information content (AvgIpc) is 2.17. The first-order valence-electron chi connectivity index (χ1n) is 5.25. The molecular weight excluding hydrogens is 186 g/mol. The molecule has 1 atom stereocenters. The molecule has 0 fully saturated rings. The molecule has 1 N–H and O–H groups in total. The summed E-state index contributed by atoms with van der Waals surface area (Å²) in [5.74, 6) is 0. The van der Waals surface area contributed by atoms with Gasteiger partial charge in [0.2, 0.25) is 6.41 Å². The number of rotatable bonds is 3. The lowest BCUT2D eigenvalue weighted by Gasteiger charge is -2.20. The highest BCUT2D eigenvalue weighted by Gasteiger charge is 2.13.